The molecule has 0 fully saturated rings. The fourth-order valence-electron chi connectivity index (χ4n) is 1.53. The molecule has 19 heavy (non-hydrogen) atoms. The lowest BCUT2D eigenvalue weighted by atomic mass is 10.0. The number of nitrogens with zero attached hydrogens (tertiary/aromatic N) is 1. The van der Waals surface area contributed by atoms with Crippen molar-refractivity contribution in [1.29, 1.82) is 0 Å². The van der Waals surface area contributed by atoms with Crippen molar-refractivity contribution >= 4 is 27.3 Å². The molecule has 0 saturated heterocycles. The van der Waals surface area contributed by atoms with Crippen molar-refractivity contribution < 1.29 is 17.9 Å². The quantitative estimate of drug-likeness (QED) is 0.774. The number of rotatable bonds is 7. The Labute approximate surface area is 117 Å². The van der Waals surface area contributed by atoms with Crippen LogP contribution in [0.4, 0.5) is 0 Å². The van der Waals surface area contributed by atoms with Gasteiger partial charge in [0.2, 0.25) is 0 Å². The summed E-state index contributed by atoms with van der Waals surface area (Å²) in [6, 6.07) is 0. The van der Waals surface area contributed by atoms with E-state index in [1.54, 1.807) is 0 Å². The van der Waals surface area contributed by atoms with Gasteiger partial charge in [-0.25, -0.2) is 22.9 Å². The van der Waals surface area contributed by atoms with Crippen LogP contribution in [0.2, 0.25) is 0 Å². The van der Waals surface area contributed by atoms with Crippen LogP contribution in [-0.4, -0.2) is 33.0 Å². The summed E-state index contributed by atoms with van der Waals surface area (Å²) in [5.74, 6) is -0.464. The number of aromatic nitrogens is 1. The van der Waals surface area contributed by atoms with E-state index in [9.17, 15) is 13.2 Å². The van der Waals surface area contributed by atoms with Gasteiger partial charge < -0.3 is 4.74 Å². The molecule has 8 heteroatoms. The number of esters is 1. The summed E-state index contributed by atoms with van der Waals surface area (Å²) in [5, 5.41) is 0. The van der Waals surface area contributed by atoms with Gasteiger partial charge in [-0.05, 0) is 5.92 Å². The third-order valence-electron chi connectivity index (χ3n) is 2.87. The first-order valence-corrected chi connectivity index (χ1v) is 8.34. The van der Waals surface area contributed by atoms with Crippen molar-refractivity contribution in [3.05, 3.63) is 11.2 Å². The number of carbonyl (C=O) groups is 1. The van der Waals surface area contributed by atoms with Gasteiger partial charge in [0, 0.05) is 6.54 Å². The van der Waals surface area contributed by atoms with Gasteiger partial charge in [0.05, 0.1) is 12.6 Å². The van der Waals surface area contributed by atoms with Gasteiger partial charge in [-0.2, -0.15) is 0 Å². The zero-order chi connectivity index (χ0) is 14.5. The molecule has 1 N–H and O–H groups in total. The Balaban J connectivity index is 2.89. The van der Waals surface area contributed by atoms with Crippen LogP contribution in [0.15, 0.2) is 9.72 Å². The van der Waals surface area contributed by atoms with Crippen molar-refractivity contribution in [2.45, 2.75) is 30.9 Å². The van der Waals surface area contributed by atoms with Gasteiger partial charge in [0.15, 0.2) is 9.90 Å². The van der Waals surface area contributed by atoms with E-state index in [4.69, 9.17) is 0 Å². The summed E-state index contributed by atoms with van der Waals surface area (Å²) in [5.41, 5.74) is 1.15. The minimum atomic E-state index is -3.71. The number of nitrogens with one attached hydrogen (secondary N) is 1. The van der Waals surface area contributed by atoms with Crippen molar-refractivity contribution in [2.24, 2.45) is 5.92 Å². The first kappa shape index (κ1) is 16.1. The zero-order valence-electron chi connectivity index (χ0n) is 11.2. The van der Waals surface area contributed by atoms with E-state index < -0.39 is 16.0 Å². The van der Waals surface area contributed by atoms with E-state index in [0.29, 0.717) is 6.54 Å². The molecular formula is C11H18N2O4S2. The van der Waals surface area contributed by atoms with Gasteiger partial charge in [-0.15, -0.1) is 11.3 Å². The van der Waals surface area contributed by atoms with E-state index in [1.807, 2.05) is 13.8 Å². The molecule has 1 aromatic heterocycles. The highest BCUT2D eigenvalue weighted by atomic mass is 32.2. The predicted octanol–water partition coefficient (Wildman–Crippen LogP) is 1.64. The third-order valence-corrected chi connectivity index (χ3v) is 5.67. The lowest BCUT2D eigenvalue weighted by molar-refractivity contribution is 0.0590. The molecule has 0 atom stereocenters. The second-order valence-electron chi connectivity index (χ2n) is 4.01. The second-order valence-corrected chi connectivity index (χ2v) is 6.83. The summed E-state index contributed by atoms with van der Waals surface area (Å²) < 4.78 is 31.2. The van der Waals surface area contributed by atoms with Crippen molar-refractivity contribution in [3.63, 3.8) is 0 Å². The Morgan fingerprint density at radius 2 is 2.11 bits per heavy atom. The molecule has 0 bridgehead atoms. The number of methoxy groups -OCH3 is 1. The maximum absolute atomic E-state index is 12.1. The molecular weight excluding hydrogens is 288 g/mol. The van der Waals surface area contributed by atoms with E-state index in [1.165, 1.54) is 12.6 Å². The highest BCUT2D eigenvalue weighted by molar-refractivity contribution is 7.91. The molecule has 1 aromatic rings. The van der Waals surface area contributed by atoms with Crippen LogP contribution in [0.5, 0.6) is 0 Å². The first-order valence-electron chi connectivity index (χ1n) is 5.97. The highest BCUT2D eigenvalue weighted by Crippen LogP contribution is 2.21. The van der Waals surface area contributed by atoms with Crippen LogP contribution >= 0.6 is 11.3 Å². The molecule has 0 aromatic carbocycles. The Morgan fingerprint density at radius 1 is 1.47 bits per heavy atom. The Kier molecular flexibility index (Phi) is 5.89. The number of carbonyl (C=O) groups excluding carboxylic acids is 1. The number of sulfonamides is 1. The van der Waals surface area contributed by atoms with Gasteiger partial charge in [-0.1, -0.05) is 26.7 Å². The molecule has 0 aliphatic carbocycles. The van der Waals surface area contributed by atoms with E-state index in [0.717, 1.165) is 24.2 Å². The molecule has 0 saturated carbocycles. The standard InChI is InChI=1S/C11H18N2O4S2/c1-4-8(5-2)6-13-19(15,16)11-9(10(14)17-3)12-7-18-11/h7-8,13H,4-6H2,1-3H3. The summed E-state index contributed by atoms with van der Waals surface area (Å²) in [6.07, 6.45) is 1.79. The minimum Gasteiger partial charge on any atom is -0.464 e. The van der Waals surface area contributed by atoms with Gasteiger partial charge in [0.1, 0.15) is 0 Å². The largest absolute Gasteiger partial charge is 0.464 e. The van der Waals surface area contributed by atoms with E-state index in [2.05, 4.69) is 14.4 Å². The molecule has 1 rings (SSSR count). The number of ether oxygens (including phenoxy) is 1. The lowest BCUT2D eigenvalue weighted by Gasteiger charge is -2.13. The van der Waals surface area contributed by atoms with Gasteiger partial charge in [-0.3, -0.25) is 0 Å². The van der Waals surface area contributed by atoms with Crippen LogP contribution in [0.3, 0.4) is 0 Å². The topological polar surface area (TPSA) is 85.4 Å². The van der Waals surface area contributed by atoms with Gasteiger partial charge in [0.25, 0.3) is 10.0 Å². The average Bonchev–Trinajstić information content (AvgIpc) is 2.89. The molecule has 0 unspecified atom stereocenters. The minimum absolute atomic E-state index is 0.0923. The van der Waals surface area contributed by atoms with Crippen molar-refractivity contribution in [1.82, 2.24) is 9.71 Å². The third kappa shape index (κ3) is 3.99. The predicted molar refractivity (Wildman–Crippen MR) is 72.7 cm³/mol. The van der Waals surface area contributed by atoms with Crippen LogP contribution in [-0.2, 0) is 14.8 Å². The van der Waals surface area contributed by atoms with Crippen LogP contribution in [0.25, 0.3) is 0 Å². The fraction of sp³-hybridized carbons (Fsp3) is 0.636. The fourth-order valence-corrected chi connectivity index (χ4v) is 3.82. The monoisotopic (exact) mass is 306 g/mol. The average molecular weight is 306 g/mol. The zero-order valence-corrected chi connectivity index (χ0v) is 12.8. The van der Waals surface area contributed by atoms with Crippen LogP contribution in [0, 0.1) is 5.92 Å². The number of hydrogen-bond acceptors (Lipinski definition) is 6. The molecule has 0 aliphatic rings. The molecule has 1 heterocycles. The summed E-state index contributed by atoms with van der Waals surface area (Å²) in [6.45, 7) is 4.37. The molecule has 6 nitrogen and oxygen atoms in total. The van der Waals surface area contributed by atoms with E-state index in [-0.39, 0.29) is 15.8 Å². The van der Waals surface area contributed by atoms with E-state index >= 15 is 0 Å². The number of thiazole rings is 1. The molecule has 0 aliphatic heterocycles. The Hall–Kier alpha value is -0.990. The smallest absolute Gasteiger partial charge is 0.358 e. The number of hydrogen-bond donors (Lipinski definition) is 1. The SMILES string of the molecule is CCC(CC)CNS(=O)(=O)c1scnc1C(=O)OC. The second kappa shape index (κ2) is 6.97. The molecule has 0 spiro atoms. The normalized spacial score (nSPS) is 11.8. The molecule has 108 valence electrons. The highest BCUT2D eigenvalue weighted by Gasteiger charge is 2.26. The van der Waals surface area contributed by atoms with Gasteiger partial charge >= 0.3 is 5.97 Å². The van der Waals surface area contributed by atoms with Crippen molar-refractivity contribution in [2.75, 3.05) is 13.7 Å². The Morgan fingerprint density at radius 3 is 2.63 bits per heavy atom. The summed E-state index contributed by atoms with van der Waals surface area (Å²) in [7, 11) is -2.52. The first-order chi connectivity index (χ1) is 8.96. The molecule has 0 radical (unpaired) electrons. The summed E-state index contributed by atoms with van der Waals surface area (Å²) >= 11 is 0.905. The Bertz CT molecular complexity index is 521. The molecule has 0 amide bonds. The van der Waals surface area contributed by atoms with Crippen LogP contribution < -0.4 is 4.72 Å². The maximum Gasteiger partial charge on any atom is 0.358 e. The van der Waals surface area contributed by atoms with Crippen LogP contribution in [0.1, 0.15) is 37.2 Å². The van der Waals surface area contributed by atoms with Crippen molar-refractivity contribution in [3.8, 4) is 0 Å². The summed E-state index contributed by atoms with van der Waals surface area (Å²) in [4.78, 5) is 15.2. The maximum atomic E-state index is 12.1. The lowest BCUT2D eigenvalue weighted by Crippen LogP contribution is -2.29.